The Kier molecular flexibility index (Phi) is 4.24. The molecule has 1 N–H and O–H groups in total. The zero-order valence-corrected chi connectivity index (χ0v) is 11.9. The van der Waals surface area contributed by atoms with Crippen molar-refractivity contribution in [2.45, 2.75) is 32.6 Å². The minimum Gasteiger partial charge on any atom is -0.480 e. The molecule has 0 atom stereocenters. The van der Waals surface area contributed by atoms with E-state index in [0.29, 0.717) is 25.9 Å². The molecule has 1 aliphatic rings. The molecule has 0 bridgehead atoms. The lowest BCUT2D eigenvalue weighted by Gasteiger charge is -2.25. The highest BCUT2D eigenvalue weighted by atomic mass is 32.1. The minimum absolute atomic E-state index is 0.196. The van der Waals surface area contributed by atoms with Crippen molar-refractivity contribution in [2.24, 2.45) is 5.41 Å². The molecule has 0 unspecified atom stereocenters. The monoisotopic (exact) mass is 281 g/mol. The van der Waals surface area contributed by atoms with Crippen LogP contribution in [-0.2, 0) is 16.0 Å². The molecule has 1 fully saturated rings. The fraction of sp³-hybridized carbons (Fsp3) is 0.571. The average molecular weight is 281 g/mol. The van der Waals surface area contributed by atoms with Crippen molar-refractivity contribution in [3.63, 3.8) is 0 Å². The Labute approximate surface area is 117 Å². The van der Waals surface area contributed by atoms with Crippen molar-refractivity contribution in [1.82, 2.24) is 4.90 Å². The van der Waals surface area contributed by atoms with Gasteiger partial charge in [-0.25, -0.2) is 0 Å². The summed E-state index contributed by atoms with van der Waals surface area (Å²) in [7, 11) is 0. The Morgan fingerprint density at radius 1 is 1.42 bits per heavy atom. The Bertz CT molecular complexity index is 451. The number of amides is 1. The van der Waals surface area contributed by atoms with E-state index in [0.717, 1.165) is 12.8 Å². The first-order valence-corrected chi connectivity index (χ1v) is 7.53. The second-order valence-corrected chi connectivity index (χ2v) is 6.04. The summed E-state index contributed by atoms with van der Waals surface area (Å²) in [5.74, 6) is -1.16. The van der Waals surface area contributed by atoms with Crippen LogP contribution in [0.15, 0.2) is 17.5 Å². The summed E-state index contributed by atoms with van der Waals surface area (Å²) >= 11 is 1.67. The van der Waals surface area contributed by atoms with Gasteiger partial charge in [0, 0.05) is 18.0 Å². The van der Waals surface area contributed by atoms with Crippen LogP contribution in [0.25, 0.3) is 0 Å². The number of carboxylic acids is 1. The van der Waals surface area contributed by atoms with Gasteiger partial charge in [-0.1, -0.05) is 13.0 Å². The number of aliphatic carboxylic acids is 1. The predicted molar refractivity (Wildman–Crippen MR) is 74.2 cm³/mol. The molecule has 4 nitrogen and oxygen atoms in total. The van der Waals surface area contributed by atoms with Crippen LogP contribution in [-0.4, -0.2) is 35.0 Å². The number of rotatable bonds is 7. The third-order valence-electron chi connectivity index (χ3n) is 3.56. The normalized spacial score (nSPS) is 16.1. The zero-order chi connectivity index (χ0) is 13.9. The molecule has 0 aliphatic heterocycles. The van der Waals surface area contributed by atoms with Gasteiger partial charge in [-0.3, -0.25) is 9.59 Å². The Hall–Kier alpha value is -1.36. The highest BCUT2D eigenvalue weighted by Crippen LogP contribution is 2.47. The third-order valence-corrected chi connectivity index (χ3v) is 4.49. The number of carbonyl (C=O) groups is 2. The molecule has 1 saturated carbocycles. The molecule has 2 rings (SSSR count). The van der Waals surface area contributed by atoms with Gasteiger partial charge in [0.1, 0.15) is 5.41 Å². The van der Waals surface area contributed by atoms with E-state index >= 15 is 0 Å². The SMILES string of the molecule is CCCN(CCc1cccs1)C(=O)C1(C(=O)O)CC1. The van der Waals surface area contributed by atoms with E-state index < -0.39 is 11.4 Å². The number of hydrogen-bond donors (Lipinski definition) is 1. The fourth-order valence-corrected chi connectivity index (χ4v) is 2.93. The van der Waals surface area contributed by atoms with Gasteiger partial charge >= 0.3 is 5.97 Å². The van der Waals surface area contributed by atoms with E-state index in [2.05, 4.69) is 0 Å². The zero-order valence-electron chi connectivity index (χ0n) is 11.1. The molecule has 5 heteroatoms. The van der Waals surface area contributed by atoms with E-state index in [4.69, 9.17) is 0 Å². The lowest BCUT2D eigenvalue weighted by Crippen LogP contribution is -2.42. The van der Waals surface area contributed by atoms with Crippen molar-refractivity contribution in [2.75, 3.05) is 13.1 Å². The van der Waals surface area contributed by atoms with Crippen LogP contribution in [0.3, 0.4) is 0 Å². The van der Waals surface area contributed by atoms with Crippen molar-refractivity contribution >= 4 is 23.2 Å². The van der Waals surface area contributed by atoms with Gasteiger partial charge in [0.15, 0.2) is 0 Å². The third kappa shape index (κ3) is 2.97. The summed E-state index contributed by atoms with van der Waals surface area (Å²) in [6.45, 7) is 3.26. The first-order valence-electron chi connectivity index (χ1n) is 6.65. The Morgan fingerprint density at radius 2 is 2.16 bits per heavy atom. The largest absolute Gasteiger partial charge is 0.480 e. The molecule has 104 valence electrons. The van der Waals surface area contributed by atoms with Crippen LogP contribution in [0.5, 0.6) is 0 Å². The van der Waals surface area contributed by atoms with E-state index in [9.17, 15) is 14.7 Å². The predicted octanol–water partition coefficient (Wildman–Crippen LogP) is 2.39. The van der Waals surface area contributed by atoms with Crippen LogP contribution in [0.1, 0.15) is 31.1 Å². The molecule has 1 aliphatic carbocycles. The van der Waals surface area contributed by atoms with Gasteiger partial charge in [0.2, 0.25) is 5.91 Å². The lowest BCUT2D eigenvalue weighted by molar-refractivity contribution is -0.153. The van der Waals surface area contributed by atoms with Crippen LogP contribution in [0.2, 0.25) is 0 Å². The summed E-state index contributed by atoms with van der Waals surface area (Å²) in [4.78, 5) is 26.5. The molecule has 0 radical (unpaired) electrons. The van der Waals surface area contributed by atoms with E-state index in [1.165, 1.54) is 4.88 Å². The standard InChI is InChI=1S/C14H19NO3S/c1-2-8-15(9-5-11-4-3-10-19-11)12(16)14(6-7-14)13(17)18/h3-4,10H,2,5-9H2,1H3,(H,17,18). The smallest absolute Gasteiger partial charge is 0.319 e. The molecule has 1 aromatic rings. The number of nitrogens with zero attached hydrogens (tertiary/aromatic N) is 1. The van der Waals surface area contributed by atoms with Gasteiger partial charge in [-0.05, 0) is 37.1 Å². The molecule has 0 saturated heterocycles. The fourth-order valence-electron chi connectivity index (χ4n) is 2.23. The minimum atomic E-state index is -1.11. The van der Waals surface area contributed by atoms with Gasteiger partial charge in [-0.15, -0.1) is 11.3 Å². The van der Waals surface area contributed by atoms with Crippen LogP contribution in [0, 0.1) is 5.41 Å². The summed E-state index contributed by atoms with van der Waals surface area (Å²) in [6, 6.07) is 4.04. The van der Waals surface area contributed by atoms with Crippen LogP contribution < -0.4 is 0 Å². The van der Waals surface area contributed by atoms with Crippen molar-refractivity contribution < 1.29 is 14.7 Å². The average Bonchev–Trinajstić information content (AvgIpc) is 3.05. The van der Waals surface area contributed by atoms with Crippen molar-refractivity contribution in [3.8, 4) is 0 Å². The maximum Gasteiger partial charge on any atom is 0.319 e. The second kappa shape index (κ2) is 5.74. The molecular weight excluding hydrogens is 262 g/mol. The summed E-state index contributed by atoms with van der Waals surface area (Å²) < 4.78 is 0. The molecule has 1 heterocycles. The molecular formula is C14H19NO3S. The van der Waals surface area contributed by atoms with E-state index in [1.54, 1.807) is 16.2 Å². The van der Waals surface area contributed by atoms with Crippen LogP contribution in [0.4, 0.5) is 0 Å². The van der Waals surface area contributed by atoms with Crippen LogP contribution >= 0.6 is 11.3 Å². The number of thiophene rings is 1. The van der Waals surface area contributed by atoms with Crippen molar-refractivity contribution in [3.05, 3.63) is 22.4 Å². The first-order chi connectivity index (χ1) is 9.10. The van der Waals surface area contributed by atoms with Gasteiger partial charge in [0.25, 0.3) is 0 Å². The van der Waals surface area contributed by atoms with Gasteiger partial charge in [0.05, 0.1) is 0 Å². The van der Waals surface area contributed by atoms with E-state index in [-0.39, 0.29) is 5.91 Å². The van der Waals surface area contributed by atoms with E-state index in [1.807, 2.05) is 24.4 Å². The maximum atomic E-state index is 12.4. The summed E-state index contributed by atoms with van der Waals surface area (Å²) in [5, 5.41) is 11.2. The molecule has 1 amide bonds. The summed E-state index contributed by atoms with van der Waals surface area (Å²) in [5.41, 5.74) is -1.11. The Morgan fingerprint density at radius 3 is 2.63 bits per heavy atom. The van der Waals surface area contributed by atoms with Gasteiger partial charge < -0.3 is 10.0 Å². The quantitative estimate of drug-likeness (QED) is 0.781. The maximum absolute atomic E-state index is 12.4. The molecule has 19 heavy (non-hydrogen) atoms. The lowest BCUT2D eigenvalue weighted by atomic mass is 10.1. The number of carbonyl (C=O) groups excluding carboxylic acids is 1. The number of carboxylic acid groups (broad SMARTS) is 1. The topological polar surface area (TPSA) is 57.6 Å². The first kappa shape index (κ1) is 14.1. The van der Waals surface area contributed by atoms with Crippen molar-refractivity contribution in [1.29, 1.82) is 0 Å². The van der Waals surface area contributed by atoms with Gasteiger partial charge in [-0.2, -0.15) is 0 Å². The molecule has 1 aromatic heterocycles. The number of hydrogen-bond acceptors (Lipinski definition) is 3. The highest BCUT2D eigenvalue weighted by Gasteiger charge is 2.58. The second-order valence-electron chi connectivity index (χ2n) is 5.01. The highest BCUT2D eigenvalue weighted by molar-refractivity contribution is 7.09. The Balaban J connectivity index is 1.99. The molecule has 0 aromatic carbocycles. The molecule has 0 spiro atoms. The summed E-state index contributed by atoms with van der Waals surface area (Å²) in [6.07, 6.45) is 2.63.